The van der Waals surface area contributed by atoms with Crippen LogP contribution in [0.4, 0.5) is 11.5 Å². The Kier molecular flexibility index (Phi) is 3.23. The fraction of sp³-hybridized carbons (Fsp3) is 0.231. The first kappa shape index (κ1) is 11.4. The van der Waals surface area contributed by atoms with Crippen molar-refractivity contribution < 1.29 is 0 Å². The number of aryl methyl sites for hydroxylation is 1. The summed E-state index contributed by atoms with van der Waals surface area (Å²) in [5, 5.41) is 3.27. The van der Waals surface area contributed by atoms with Crippen LogP contribution in [-0.4, -0.2) is 9.97 Å². The molecule has 0 saturated carbocycles. The summed E-state index contributed by atoms with van der Waals surface area (Å²) >= 11 is 0. The van der Waals surface area contributed by atoms with Gasteiger partial charge in [0.05, 0.1) is 17.4 Å². The molecule has 2 heterocycles. The van der Waals surface area contributed by atoms with E-state index in [-0.39, 0.29) is 6.04 Å². The predicted molar refractivity (Wildman–Crippen MR) is 69.7 cm³/mol. The largest absolute Gasteiger partial charge is 0.396 e. The topological polar surface area (TPSA) is 63.8 Å². The van der Waals surface area contributed by atoms with Crippen molar-refractivity contribution in [3.8, 4) is 0 Å². The van der Waals surface area contributed by atoms with Gasteiger partial charge in [-0.15, -0.1) is 0 Å². The third-order valence-corrected chi connectivity index (χ3v) is 2.69. The van der Waals surface area contributed by atoms with Gasteiger partial charge in [-0.3, -0.25) is 4.98 Å². The van der Waals surface area contributed by atoms with Crippen LogP contribution < -0.4 is 11.1 Å². The molecule has 4 nitrogen and oxygen atoms in total. The Bertz CT molecular complexity index is 496. The SMILES string of the molecule is Cc1ccnc(NC(C)c2ccccn2)c1N. The van der Waals surface area contributed by atoms with Gasteiger partial charge in [0, 0.05) is 12.4 Å². The highest BCUT2D eigenvalue weighted by atomic mass is 15.0. The second-order valence-corrected chi connectivity index (χ2v) is 4.01. The van der Waals surface area contributed by atoms with Crippen LogP contribution in [0.1, 0.15) is 24.2 Å². The zero-order valence-corrected chi connectivity index (χ0v) is 10.0. The van der Waals surface area contributed by atoms with Crippen molar-refractivity contribution in [1.29, 1.82) is 0 Å². The van der Waals surface area contributed by atoms with Gasteiger partial charge < -0.3 is 11.1 Å². The minimum Gasteiger partial charge on any atom is -0.396 e. The summed E-state index contributed by atoms with van der Waals surface area (Å²) < 4.78 is 0. The number of nitrogen functional groups attached to an aromatic ring is 1. The molecule has 0 saturated heterocycles. The van der Waals surface area contributed by atoms with Gasteiger partial charge in [-0.05, 0) is 37.6 Å². The molecule has 1 unspecified atom stereocenters. The van der Waals surface area contributed by atoms with Crippen LogP contribution >= 0.6 is 0 Å². The zero-order valence-electron chi connectivity index (χ0n) is 10.0. The molecule has 0 radical (unpaired) electrons. The monoisotopic (exact) mass is 228 g/mol. The molecule has 0 aliphatic carbocycles. The smallest absolute Gasteiger partial charge is 0.149 e. The van der Waals surface area contributed by atoms with E-state index in [0.717, 1.165) is 11.3 Å². The van der Waals surface area contributed by atoms with Crippen molar-refractivity contribution in [1.82, 2.24) is 9.97 Å². The predicted octanol–water partition coefficient (Wildman–Crippen LogP) is 2.54. The molecule has 2 aromatic rings. The minimum atomic E-state index is 0.0767. The van der Waals surface area contributed by atoms with E-state index in [1.54, 1.807) is 12.4 Å². The van der Waals surface area contributed by atoms with Crippen molar-refractivity contribution in [2.24, 2.45) is 0 Å². The van der Waals surface area contributed by atoms with Crippen molar-refractivity contribution in [3.63, 3.8) is 0 Å². The van der Waals surface area contributed by atoms with E-state index in [4.69, 9.17) is 5.73 Å². The lowest BCUT2D eigenvalue weighted by molar-refractivity contribution is 0.832. The van der Waals surface area contributed by atoms with Crippen LogP contribution in [0.5, 0.6) is 0 Å². The summed E-state index contributed by atoms with van der Waals surface area (Å²) in [6.45, 7) is 4.00. The van der Waals surface area contributed by atoms with E-state index in [1.807, 2.05) is 38.1 Å². The maximum absolute atomic E-state index is 5.96. The van der Waals surface area contributed by atoms with Gasteiger partial charge in [0.15, 0.2) is 0 Å². The number of aromatic nitrogens is 2. The number of nitrogens with one attached hydrogen (secondary N) is 1. The quantitative estimate of drug-likeness (QED) is 0.847. The Morgan fingerprint density at radius 3 is 2.71 bits per heavy atom. The third-order valence-electron chi connectivity index (χ3n) is 2.69. The lowest BCUT2D eigenvalue weighted by Crippen LogP contribution is -2.11. The van der Waals surface area contributed by atoms with Crippen LogP contribution in [-0.2, 0) is 0 Å². The minimum absolute atomic E-state index is 0.0767. The van der Waals surface area contributed by atoms with E-state index in [0.29, 0.717) is 11.5 Å². The molecule has 0 aliphatic heterocycles. The fourth-order valence-corrected chi connectivity index (χ4v) is 1.60. The fourth-order valence-electron chi connectivity index (χ4n) is 1.60. The molecule has 0 bridgehead atoms. The summed E-state index contributed by atoms with van der Waals surface area (Å²) in [6.07, 6.45) is 3.53. The lowest BCUT2D eigenvalue weighted by atomic mass is 10.2. The highest BCUT2D eigenvalue weighted by Gasteiger charge is 2.09. The molecule has 3 N–H and O–H groups in total. The number of nitrogens with zero attached hydrogens (tertiary/aromatic N) is 2. The molecule has 2 aromatic heterocycles. The Balaban J connectivity index is 2.19. The normalized spacial score (nSPS) is 12.1. The van der Waals surface area contributed by atoms with Gasteiger partial charge in [0.1, 0.15) is 5.82 Å². The summed E-state index contributed by atoms with van der Waals surface area (Å²) in [4.78, 5) is 8.54. The summed E-state index contributed by atoms with van der Waals surface area (Å²) in [7, 11) is 0. The van der Waals surface area contributed by atoms with E-state index >= 15 is 0 Å². The average Bonchev–Trinajstić information content (AvgIpc) is 2.36. The van der Waals surface area contributed by atoms with Gasteiger partial charge in [-0.25, -0.2) is 4.98 Å². The summed E-state index contributed by atoms with van der Waals surface area (Å²) in [6, 6.07) is 7.81. The number of hydrogen-bond donors (Lipinski definition) is 2. The van der Waals surface area contributed by atoms with E-state index in [2.05, 4.69) is 15.3 Å². The Morgan fingerprint density at radius 2 is 2.00 bits per heavy atom. The van der Waals surface area contributed by atoms with Gasteiger partial charge in [-0.1, -0.05) is 6.07 Å². The molecule has 0 fully saturated rings. The molecule has 0 aliphatic rings. The highest BCUT2D eigenvalue weighted by molar-refractivity contribution is 5.65. The average molecular weight is 228 g/mol. The van der Waals surface area contributed by atoms with Crippen LogP contribution in [0.2, 0.25) is 0 Å². The van der Waals surface area contributed by atoms with Crippen LogP contribution in [0, 0.1) is 6.92 Å². The first-order valence-electron chi connectivity index (χ1n) is 5.57. The Labute approximate surface area is 101 Å². The van der Waals surface area contributed by atoms with Crippen LogP contribution in [0.25, 0.3) is 0 Å². The van der Waals surface area contributed by atoms with E-state index < -0.39 is 0 Å². The molecule has 17 heavy (non-hydrogen) atoms. The van der Waals surface area contributed by atoms with Gasteiger partial charge in [0.2, 0.25) is 0 Å². The molecule has 0 amide bonds. The molecule has 0 spiro atoms. The first-order chi connectivity index (χ1) is 8.18. The molecular weight excluding hydrogens is 212 g/mol. The standard InChI is InChI=1S/C13H16N4/c1-9-6-8-16-13(12(9)14)17-10(2)11-5-3-4-7-15-11/h3-8,10H,14H2,1-2H3,(H,16,17). The summed E-state index contributed by atoms with van der Waals surface area (Å²) in [5.74, 6) is 0.711. The molecule has 88 valence electrons. The van der Waals surface area contributed by atoms with Gasteiger partial charge in [-0.2, -0.15) is 0 Å². The molecule has 2 rings (SSSR count). The molecule has 1 atom stereocenters. The lowest BCUT2D eigenvalue weighted by Gasteiger charge is -2.16. The third kappa shape index (κ3) is 2.53. The number of nitrogens with two attached hydrogens (primary N) is 1. The second kappa shape index (κ2) is 4.82. The van der Waals surface area contributed by atoms with Crippen molar-refractivity contribution in [2.75, 3.05) is 11.1 Å². The first-order valence-corrected chi connectivity index (χ1v) is 5.57. The maximum Gasteiger partial charge on any atom is 0.149 e. The number of pyridine rings is 2. The number of rotatable bonds is 3. The number of hydrogen-bond acceptors (Lipinski definition) is 4. The van der Waals surface area contributed by atoms with E-state index in [9.17, 15) is 0 Å². The maximum atomic E-state index is 5.96. The van der Waals surface area contributed by atoms with Crippen molar-refractivity contribution in [2.45, 2.75) is 19.9 Å². The molecular formula is C13H16N4. The van der Waals surface area contributed by atoms with Crippen molar-refractivity contribution >= 4 is 11.5 Å². The van der Waals surface area contributed by atoms with Crippen molar-refractivity contribution in [3.05, 3.63) is 47.9 Å². The Morgan fingerprint density at radius 1 is 1.18 bits per heavy atom. The number of anilines is 2. The van der Waals surface area contributed by atoms with Gasteiger partial charge in [0.25, 0.3) is 0 Å². The second-order valence-electron chi connectivity index (χ2n) is 4.01. The highest BCUT2D eigenvalue weighted by Crippen LogP contribution is 2.23. The molecule has 4 heteroatoms. The van der Waals surface area contributed by atoms with E-state index in [1.165, 1.54) is 0 Å². The Hall–Kier alpha value is -2.10. The molecule has 0 aromatic carbocycles. The van der Waals surface area contributed by atoms with Crippen LogP contribution in [0.15, 0.2) is 36.7 Å². The zero-order chi connectivity index (χ0) is 12.3. The summed E-state index contributed by atoms with van der Waals surface area (Å²) in [5.41, 5.74) is 8.65. The van der Waals surface area contributed by atoms with Crippen LogP contribution in [0.3, 0.4) is 0 Å². The van der Waals surface area contributed by atoms with Gasteiger partial charge >= 0.3 is 0 Å².